The van der Waals surface area contributed by atoms with Crippen molar-refractivity contribution in [3.05, 3.63) is 34.0 Å². The van der Waals surface area contributed by atoms with Crippen molar-refractivity contribution >= 4 is 11.5 Å². The SMILES string of the molecule is CC(C)c1nn(C)c(NCCc2ncc[nH]2)c1[N+](=O)[O-]. The monoisotopic (exact) mass is 278 g/mol. The first-order valence-corrected chi connectivity index (χ1v) is 6.44. The first-order valence-electron chi connectivity index (χ1n) is 6.44. The van der Waals surface area contributed by atoms with Crippen LogP contribution in [0.5, 0.6) is 0 Å². The largest absolute Gasteiger partial charge is 0.364 e. The Morgan fingerprint density at radius 1 is 1.55 bits per heavy atom. The maximum atomic E-state index is 11.2. The summed E-state index contributed by atoms with van der Waals surface area (Å²) in [4.78, 5) is 18.0. The predicted octanol–water partition coefficient (Wildman–Crippen LogP) is 1.83. The highest BCUT2D eigenvalue weighted by molar-refractivity contribution is 5.60. The molecule has 2 N–H and O–H groups in total. The summed E-state index contributed by atoms with van der Waals surface area (Å²) in [5, 5.41) is 18.6. The fourth-order valence-corrected chi connectivity index (χ4v) is 2.03. The number of nitro groups is 1. The van der Waals surface area contributed by atoms with Crippen LogP contribution in [0.25, 0.3) is 0 Å². The molecule has 2 aromatic rings. The smallest absolute Gasteiger partial charge is 0.334 e. The summed E-state index contributed by atoms with van der Waals surface area (Å²) in [6, 6.07) is 0. The molecule has 0 aromatic carbocycles. The zero-order valence-corrected chi connectivity index (χ0v) is 11.8. The van der Waals surface area contributed by atoms with Crippen molar-refractivity contribution < 1.29 is 4.92 Å². The van der Waals surface area contributed by atoms with Crippen molar-refractivity contribution in [3.63, 3.8) is 0 Å². The van der Waals surface area contributed by atoms with Crippen molar-refractivity contribution in [2.45, 2.75) is 26.2 Å². The van der Waals surface area contributed by atoms with E-state index in [9.17, 15) is 10.1 Å². The molecule has 0 fully saturated rings. The van der Waals surface area contributed by atoms with Gasteiger partial charge >= 0.3 is 5.69 Å². The van der Waals surface area contributed by atoms with Crippen molar-refractivity contribution in [2.24, 2.45) is 7.05 Å². The summed E-state index contributed by atoms with van der Waals surface area (Å²) in [6.07, 6.45) is 4.09. The normalized spacial score (nSPS) is 11.0. The quantitative estimate of drug-likeness (QED) is 0.620. The maximum Gasteiger partial charge on any atom is 0.334 e. The molecule has 0 radical (unpaired) electrons. The Morgan fingerprint density at radius 2 is 2.30 bits per heavy atom. The van der Waals surface area contributed by atoms with Crippen LogP contribution in [0.15, 0.2) is 12.4 Å². The molecule has 0 spiro atoms. The summed E-state index contributed by atoms with van der Waals surface area (Å²) in [5.41, 5.74) is 0.556. The van der Waals surface area contributed by atoms with Gasteiger partial charge in [-0.2, -0.15) is 5.10 Å². The van der Waals surface area contributed by atoms with Gasteiger partial charge in [-0.05, 0) is 0 Å². The van der Waals surface area contributed by atoms with Crippen LogP contribution in [0.2, 0.25) is 0 Å². The van der Waals surface area contributed by atoms with Crippen LogP contribution in [0.1, 0.15) is 31.3 Å². The molecule has 0 amide bonds. The summed E-state index contributed by atoms with van der Waals surface area (Å²) in [6.45, 7) is 4.33. The molecule has 0 bridgehead atoms. The van der Waals surface area contributed by atoms with Gasteiger partial charge in [0.1, 0.15) is 11.5 Å². The number of hydrogen-bond donors (Lipinski definition) is 2. The van der Waals surface area contributed by atoms with Gasteiger partial charge in [0.25, 0.3) is 0 Å². The number of H-pyrrole nitrogens is 1. The minimum atomic E-state index is -0.377. The lowest BCUT2D eigenvalue weighted by Crippen LogP contribution is -2.10. The zero-order chi connectivity index (χ0) is 14.7. The van der Waals surface area contributed by atoms with Gasteiger partial charge in [0.05, 0.1) is 4.92 Å². The summed E-state index contributed by atoms with van der Waals surface area (Å²) < 4.78 is 1.52. The molecule has 0 aliphatic rings. The number of anilines is 1. The molecule has 2 heterocycles. The second kappa shape index (κ2) is 5.72. The van der Waals surface area contributed by atoms with Crippen molar-refractivity contribution in [2.75, 3.05) is 11.9 Å². The van der Waals surface area contributed by atoms with Crippen LogP contribution < -0.4 is 5.32 Å². The Hall–Kier alpha value is -2.38. The van der Waals surface area contributed by atoms with Crippen LogP contribution in [0.4, 0.5) is 11.5 Å². The van der Waals surface area contributed by atoms with E-state index in [4.69, 9.17) is 0 Å². The summed E-state index contributed by atoms with van der Waals surface area (Å²) in [5.74, 6) is 1.28. The number of hydrogen-bond acceptors (Lipinski definition) is 5. The molecule has 2 rings (SSSR count). The van der Waals surface area contributed by atoms with E-state index in [-0.39, 0.29) is 16.5 Å². The number of aromatic nitrogens is 4. The van der Waals surface area contributed by atoms with Crippen LogP contribution in [-0.4, -0.2) is 31.2 Å². The van der Waals surface area contributed by atoms with Crippen LogP contribution in [-0.2, 0) is 13.5 Å². The van der Waals surface area contributed by atoms with Crippen LogP contribution in [0, 0.1) is 10.1 Å². The molecule has 20 heavy (non-hydrogen) atoms. The first kappa shape index (κ1) is 14.0. The minimum Gasteiger partial charge on any atom is -0.364 e. The molecule has 0 saturated carbocycles. The number of rotatable bonds is 6. The third-order valence-corrected chi connectivity index (χ3v) is 2.99. The Morgan fingerprint density at radius 3 is 2.85 bits per heavy atom. The molecular formula is C12H18N6O2. The van der Waals surface area contributed by atoms with Gasteiger partial charge in [-0.25, -0.2) is 9.67 Å². The van der Waals surface area contributed by atoms with Crippen LogP contribution >= 0.6 is 0 Å². The van der Waals surface area contributed by atoms with Gasteiger partial charge in [-0.15, -0.1) is 0 Å². The molecule has 108 valence electrons. The van der Waals surface area contributed by atoms with E-state index >= 15 is 0 Å². The van der Waals surface area contributed by atoms with E-state index in [1.54, 1.807) is 19.4 Å². The number of nitrogens with one attached hydrogen (secondary N) is 2. The molecule has 0 saturated heterocycles. The van der Waals surface area contributed by atoms with E-state index in [2.05, 4.69) is 20.4 Å². The molecular weight excluding hydrogens is 260 g/mol. The van der Waals surface area contributed by atoms with E-state index < -0.39 is 0 Å². The second-order valence-electron chi connectivity index (χ2n) is 4.83. The van der Waals surface area contributed by atoms with Gasteiger partial charge in [-0.3, -0.25) is 10.1 Å². The van der Waals surface area contributed by atoms with Gasteiger partial charge < -0.3 is 10.3 Å². The van der Waals surface area contributed by atoms with Gasteiger partial charge in [0.15, 0.2) is 0 Å². The minimum absolute atomic E-state index is 0.00206. The second-order valence-corrected chi connectivity index (χ2v) is 4.83. The lowest BCUT2D eigenvalue weighted by atomic mass is 10.1. The maximum absolute atomic E-state index is 11.2. The van der Waals surface area contributed by atoms with E-state index in [1.807, 2.05) is 13.8 Å². The third kappa shape index (κ3) is 2.79. The average Bonchev–Trinajstić information content (AvgIpc) is 2.98. The molecule has 2 aromatic heterocycles. The lowest BCUT2D eigenvalue weighted by Gasteiger charge is -2.05. The van der Waals surface area contributed by atoms with E-state index in [0.717, 1.165) is 5.82 Å². The standard InChI is InChI=1S/C12H18N6O2/c1-8(2)10-11(18(19)20)12(17(3)16-10)15-5-4-9-13-6-7-14-9/h6-8,15H,4-5H2,1-3H3,(H,13,14). The summed E-state index contributed by atoms with van der Waals surface area (Å²) >= 11 is 0. The van der Waals surface area contributed by atoms with Gasteiger partial charge in [0, 0.05) is 38.3 Å². The molecule has 0 atom stereocenters. The molecule has 8 nitrogen and oxygen atoms in total. The lowest BCUT2D eigenvalue weighted by molar-refractivity contribution is -0.384. The van der Waals surface area contributed by atoms with E-state index in [1.165, 1.54) is 4.68 Å². The van der Waals surface area contributed by atoms with Crippen molar-refractivity contribution in [3.8, 4) is 0 Å². The highest BCUT2D eigenvalue weighted by atomic mass is 16.6. The fourth-order valence-electron chi connectivity index (χ4n) is 2.03. The third-order valence-electron chi connectivity index (χ3n) is 2.99. The Labute approximate surface area is 116 Å². The Balaban J connectivity index is 2.16. The average molecular weight is 278 g/mol. The van der Waals surface area contributed by atoms with Crippen molar-refractivity contribution in [1.29, 1.82) is 0 Å². The molecule has 0 aliphatic carbocycles. The van der Waals surface area contributed by atoms with Crippen LogP contribution in [0.3, 0.4) is 0 Å². The molecule has 0 aliphatic heterocycles. The fraction of sp³-hybridized carbons (Fsp3) is 0.500. The van der Waals surface area contributed by atoms with Gasteiger partial charge in [0.2, 0.25) is 5.82 Å². The predicted molar refractivity (Wildman–Crippen MR) is 74.7 cm³/mol. The summed E-state index contributed by atoms with van der Waals surface area (Å²) in [7, 11) is 1.70. The highest BCUT2D eigenvalue weighted by Gasteiger charge is 2.28. The number of aromatic amines is 1. The zero-order valence-electron chi connectivity index (χ0n) is 11.8. The van der Waals surface area contributed by atoms with E-state index in [0.29, 0.717) is 24.5 Å². The topological polar surface area (TPSA) is 102 Å². The van der Waals surface area contributed by atoms with Gasteiger partial charge in [-0.1, -0.05) is 13.8 Å². The molecule has 0 unspecified atom stereocenters. The Kier molecular flexibility index (Phi) is 4.02. The first-order chi connectivity index (χ1) is 9.50. The number of imidazole rings is 1. The van der Waals surface area contributed by atoms with Crippen molar-refractivity contribution in [1.82, 2.24) is 19.7 Å². The Bertz CT molecular complexity index is 587. The number of aryl methyl sites for hydroxylation is 1. The highest BCUT2D eigenvalue weighted by Crippen LogP contribution is 2.32. The molecule has 8 heteroatoms. The number of nitrogens with zero attached hydrogens (tertiary/aromatic N) is 4.